The number of aromatic nitrogens is 3. The minimum absolute atomic E-state index is 0.0475. The van der Waals surface area contributed by atoms with Gasteiger partial charge in [-0.25, -0.2) is 13.2 Å². The summed E-state index contributed by atoms with van der Waals surface area (Å²) < 4.78 is 52.0. The number of alkyl halides is 1. The molecule has 0 bridgehead atoms. The molecule has 43 heavy (non-hydrogen) atoms. The lowest BCUT2D eigenvalue weighted by molar-refractivity contribution is -0.118. The number of hydrogen-bond donors (Lipinski definition) is 1. The van der Waals surface area contributed by atoms with E-state index in [0.717, 1.165) is 19.4 Å². The van der Waals surface area contributed by atoms with Crippen LogP contribution in [0.4, 0.5) is 19.0 Å². The molecule has 4 aromatic rings. The van der Waals surface area contributed by atoms with Gasteiger partial charge >= 0.3 is 6.01 Å². The van der Waals surface area contributed by atoms with E-state index in [0.29, 0.717) is 66.3 Å². The summed E-state index contributed by atoms with van der Waals surface area (Å²) in [6.45, 7) is 3.79. The second-order valence-corrected chi connectivity index (χ2v) is 11.9. The molecule has 11 heteroatoms. The van der Waals surface area contributed by atoms with Crippen molar-refractivity contribution in [2.45, 2.75) is 57.2 Å². The molecule has 3 fully saturated rings. The molecule has 5 heterocycles. The van der Waals surface area contributed by atoms with Crippen LogP contribution >= 0.6 is 0 Å². The molecule has 0 spiro atoms. The van der Waals surface area contributed by atoms with Crippen LogP contribution in [0.1, 0.15) is 44.6 Å². The number of phenolic OH excluding ortho intramolecular Hbond substituents is 1. The fraction of sp³-hybridized carbons (Fsp3) is 0.438. The second-order valence-electron chi connectivity index (χ2n) is 11.9. The topological polar surface area (TPSA) is 91.7 Å². The molecule has 0 aliphatic carbocycles. The van der Waals surface area contributed by atoms with Crippen LogP contribution in [0.2, 0.25) is 0 Å². The fourth-order valence-corrected chi connectivity index (χ4v) is 7.21. The highest BCUT2D eigenvalue weighted by atomic mass is 19.1. The highest BCUT2D eigenvalue weighted by Crippen LogP contribution is 2.42. The van der Waals surface area contributed by atoms with E-state index in [1.807, 2.05) is 6.92 Å². The normalized spacial score (nSPS) is 22.6. The molecule has 3 aliphatic rings. The first-order valence-corrected chi connectivity index (χ1v) is 14.9. The van der Waals surface area contributed by atoms with Crippen LogP contribution in [0.25, 0.3) is 32.9 Å². The zero-order valence-electron chi connectivity index (χ0n) is 23.9. The number of hydrogen-bond acceptors (Lipinski definition) is 8. The number of aryl methyl sites for hydroxylation is 1. The molecule has 2 atom stereocenters. The van der Waals surface area contributed by atoms with Gasteiger partial charge in [-0.2, -0.15) is 9.97 Å². The maximum absolute atomic E-state index is 16.6. The van der Waals surface area contributed by atoms with E-state index in [4.69, 9.17) is 4.74 Å². The Hall–Kier alpha value is -3.99. The summed E-state index contributed by atoms with van der Waals surface area (Å²) >= 11 is 0. The summed E-state index contributed by atoms with van der Waals surface area (Å²) in [5, 5.41) is 11.8. The van der Waals surface area contributed by atoms with E-state index in [9.17, 15) is 18.7 Å². The van der Waals surface area contributed by atoms with Crippen LogP contribution in [0, 0.1) is 11.6 Å². The Bertz CT molecular complexity index is 1770. The molecular formula is C32H32F3N5O3. The minimum Gasteiger partial charge on any atom is -0.508 e. The Morgan fingerprint density at radius 3 is 2.84 bits per heavy atom. The Morgan fingerprint density at radius 1 is 1.16 bits per heavy atom. The number of phenols is 1. The molecule has 2 aromatic carbocycles. The molecule has 0 amide bonds. The van der Waals surface area contributed by atoms with Gasteiger partial charge in [0.25, 0.3) is 0 Å². The van der Waals surface area contributed by atoms with E-state index < -0.39 is 23.3 Å². The minimum atomic E-state index is -0.933. The molecule has 7 rings (SSSR count). The van der Waals surface area contributed by atoms with E-state index in [-0.39, 0.29) is 47.5 Å². The van der Waals surface area contributed by atoms with Crippen molar-refractivity contribution in [3.63, 3.8) is 0 Å². The molecule has 1 N–H and O–H groups in total. The average Bonchev–Trinajstić information content (AvgIpc) is 3.51. The zero-order chi connectivity index (χ0) is 29.9. The largest absolute Gasteiger partial charge is 0.508 e. The lowest BCUT2D eigenvalue weighted by Crippen LogP contribution is -2.43. The van der Waals surface area contributed by atoms with E-state index in [1.54, 1.807) is 11.0 Å². The van der Waals surface area contributed by atoms with Crippen LogP contribution in [0.3, 0.4) is 0 Å². The van der Waals surface area contributed by atoms with Crippen LogP contribution < -0.4 is 9.64 Å². The van der Waals surface area contributed by atoms with Crippen molar-refractivity contribution >= 4 is 33.3 Å². The van der Waals surface area contributed by atoms with Gasteiger partial charge in [0.2, 0.25) is 0 Å². The number of aromatic hydroxyl groups is 1. The molecule has 224 valence electrons. The van der Waals surface area contributed by atoms with Gasteiger partial charge in [-0.1, -0.05) is 13.0 Å². The molecule has 8 nitrogen and oxygen atoms in total. The van der Waals surface area contributed by atoms with Crippen LogP contribution in [-0.4, -0.2) is 75.2 Å². The number of rotatable bonds is 6. The number of piperidine rings is 1. The van der Waals surface area contributed by atoms with Gasteiger partial charge in [0.1, 0.15) is 41.4 Å². The van der Waals surface area contributed by atoms with Gasteiger partial charge in [0.15, 0.2) is 11.6 Å². The predicted octanol–water partition coefficient (Wildman–Crippen LogP) is 5.52. The van der Waals surface area contributed by atoms with Crippen molar-refractivity contribution in [2.75, 3.05) is 37.7 Å². The zero-order valence-corrected chi connectivity index (χ0v) is 23.9. The molecule has 3 aliphatic heterocycles. The van der Waals surface area contributed by atoms with Crippen molar-refractivity contribution in [2.24, 2.45) is 0 Å². The number of nitrogens with zero attached hydrogens (tertiary/aromatic N) is 5. The van der Waals surface area contributed by atoms with E-state index >= 15 is 4.39 Å². The van der Waals surface area contributed by atoms with Crippen molar-refractivity contribution < 1.29 is 27.8 Å². The Balaban J connectivity index is 1.38. The third kappa shape index (κ3) is 4.74. The Labute approximate surface area is 246 Å². The highest BCUT2D eigenvalue weighted by molar-refractivity contribution is 6.02. The number of anilines is 1. The number of benzene rings is 2. The molecular weight excluding hydrogens is 559 g/mol. The first-order chi connectivity index (χ1) is 20.8. The van der Waals surface area contributed by atoms with Crippen molar-refractivity contribution in [3.8, 4) is 23.0 Å². The van der Waals surface area contributed by atoms with Crippen LogP contribution in [-0.2, 0) is 11.2 Å². The molecule has 2 aromatic heterocycles. The lowest BCUT2D eigenvalue weighted by atomic mass is 9.94. The first kappa shape index (κ1) is 27.8. The monoisotopic (exact) mass is 591 g/mol. The van der Waals surface area contributed by atoms with Gasteiger partial charge in [-0.15, -0.1) is 0 Å². The average molecular weight is 592 g/mol. The summed E-state index contributed by atoms with van der Waals surface area (Å²) in [6, 6.07) is 5.69. The smallest absolute Gasteiger partial charge is 0.319 e. The lowest BCUT2D eigenvalue weighted by Gasteiger charge is -2.31. The van der Waals surface area contributed by atoms with E-state index in [2.05, 4.69) is 19.9 Å². The SMILES string of the molecule is CCc1c(F)ccc2cc(O)cc(-c3ncc4c(N5CCCC(=O)C5)nc(OCC56CCCN5C[C@H](F)C6)nc4c3F)c12. The highest BCUT2D eigenvalue weighted by Gasteiger charge is 2.49. The number of ketones is 1. The summed E-state index contributed by atoms with van der Waals surface area (Å²) in [4.78, 5) is 29.8. The standard InChI is InChI=1S/C32H32F3N5O3/c1-2-22-25(34)7-6-18-11-21(42)12-23(26(18)22)28-27(35)29-24(14-36-28)30(39-9-3-5-20(41)16-39)38-31(37-29)43-17-32-8-4-10-40(32)15-19(33)13-32/h6-7,11-12,14,19,42H,2-5,8-10,13,15-17H2,1H3/t19-,32?/m1/s1. The van der Waals surface area contributed by atoms with Crippen molar-refractivity contribution in [3.05, 3.63) is 47.7 Å². The number of Topliss-reactive ketones (excluding diaryl/α,β-unsaturated/α-hetero) is 1. The number of halogens is 3. The summed E-state index contributed by atoms with van der Waals surface area (Å²) in [5.41, 5.74) is 0.000426. The molecule has 3 saturated heterocycles. The van der Waals surface area contributed by atoms with Crippen molar-refractivity contribution in [1.29, 1.82) is 0 Å². The predicted molar refractivity (Wildman–Crippen MR) is 156 cm³/mol. The summed E-state index contributed by atoms with van der Waals surface area (Å²) in [5.74, 6) is -0.937. The number of ether oxygens (including phenoxy) is 1. The third-order valence-electron chi connectivity index (χ3n) is 9.19. The van der Waals surface area contributed by atoms with Gasteiger partial charge in [0, 0.05) is 37.7 Å². The third-order valence-corrected chi connectivity index (χ3v) is 9.19. The number of fused-ring (bicyclic) bond motifs is 3. The quantitative estimate of drug-likeness (QED) is 0.314. The number of carbonyl (C=O) groups is 1. The van der Waals surface area contributed by atoms with Gasteiger partial charge in [0.05, 0.1) is 17.5 Å². The van der Waals surface area contributed by atoms with Crippen LogP contribution in [0.5, 0.6) is 11.8 Å². The fourth-order valence-electron chi connectivity index (χ4n) is 7.21. The Kier molecular flexibility index (Phi) is 6.87. The van der Waals surface area contributed by atoms with Gasteiger partial charge < -0.3 is 14.7 Å². The number of pyridine rings is 1. The molecule has 1 unspecified atom stereocenters. The maximum atomic E-state index is 16.6. The first-order valence-electron chi connectivity index (χ1n) is 14.9. The van der Waals surface area contributed by atoms with Gasteiger partial charge in [-0.3, -0.25) is 14.7 Å². The van der Waals surface area contributed by atoms with E-state index in [1.165, 1.54) is 24.4 Å². The molecule has 0 saturated carbocycles. The van der Waals surface area contributed by atoms with Gasteiger partial charge in [-0.05, 0) is 66.8 Å². The Morgan fingerprint density at radius 2 is 2.02 bits per heavy atom. The van der Waals surface area contributed by atoms with Crippen LogP contribution in [0.15, 0.2) is 30.5 Å². The van der Waals surface area contributed by atoms with Crippen molar-refractivity contribution in [1.82, 2.24) is 19.9 Å². The maximum Gasteiger partial charge on any atom is 0.319 e. The number of carbonyl (C=O) groups excluding carboxylic acids is 1. The second kappa shape index (κ2) is 10.6. The summed E-state index contributed by atoms with van der Waals surface area (Å²) in [7, 11) is 0. The molecule has 0 radical (unpaired) electrons. The summed E-state index contributed by atoms with van der Waals surface area (Å²) in [6.07, 6.45) is 4.05.